The van der Waals surface area contributed by atoms with Crippen LogP contribution in [-0.2, 0) is 4.79 Å². The SMILES string of the molecule is CC1CN(C(=O)c2ccccc2)CCN1C(=O)C(=O)c1ccc(Br)cc1. The summed E-state index contributed by atoms with van der Waals surface area (Å²) < 4.78 is 0.850. The van der Waals surface area contributed by atoms with E-state index < -0.39 is 11.7 Å². The fourth-order valence-corrected chi connectivity index (χ4v) is 3.33. The Labute approximate surface area is 160 Å². The smallest absolute Gasteiger partial charge is 0.295 e. The Morgan fingerprint density at radius 1 is 0.923 bits per heavy atom. The van der Waals surface area contributed by atoms with Crippen molar-refractivity contribution in [3.05, 3.63) is 70.2 Å². The van der Waals surface area contributed by atoms with Gasteiger partial charge < -0.3 is 9.80 Å². The topological polar surface area (TPSA) is 57.7 Å². The van der Waals surface area contributed by atoms with Gasteiger partial charge in [-0.15, -0.1) is 0 Å². The standard InChI is InChI=1S/C20H19BrN2O3/c1-14-13-22(19(25)16-5-3-2-4-6-16)11-12-23(14)20(26)18(24)15-7-9-17(21)10-8-15/h2-10,14H,11-13H2,1H3. The molecule has 0 radical (unpaired) electrons. The van der Waals surface area contributed by atoms with Crippen LogP contribution < -0.4 is 0 Å². The summed E-state index contributed by atoms with van der Waals surface area (Å²) in [6.07, 6.45) is 0. The molecule has 0 N–H and O–H groups in total. The lowest BCUT2D eigenvalue weighted by Crippen LogP contribution is -2.56. The van der Waals surface area contributed by atoms with Gasteiger partial charge in [-0.3, -0.25) is 14.4 Å². The summed E-state index contributed by atoms with van der Waals surface area (Å²) in [6, 6.07) is 15.6. The average molecular weight is 415 g/mol. The fraction of sp³-hybridized carbons (Fsp3) is 0.250. The van der Waals surface area contributed by atoms with E-state index in [0.717, 1.165) is 4.47 Å². The Morgan fingerprint density at radius 3 is 2.19 bits per heavy atom. The Morgan fingerprint density at radius 2 is 1.58 bits per heavy atom. The molecule has 5 nitrogen and oxygen atoms in total. The Balaban J connectivity index is 1.67. The molecule has 0 aliphatic carbocycles. The summed E-state index contributed by atoms with van der Waals surface area (Å²) >= 11 is 3.31. The van der Waals surface area contributed by atoms with E-state index in [1.54, 1.807) is 46.2 Å². The second-order valence-corrected chi connectivity index (χ2v) is 7.22. The molecule has 1 heterocycles. The molecule has 0 bridgehead atoms. The van der Waals surface area contributed by atoms with Gasteiger partial charge in [0, 0.05) is 41.3 Å². The summed E-state index contributed by atoms with van der Waals surface area (Å²) in [7, 11) is 0. The summed E-state index contributed by atoms with van der Waals surface area (Å²) in [4.78, 5) is 40.9. The lowest BCUT2D eigenvalue weighted by atomic mass is 10.1. The van der Waals surface area contributed by atoms with Crippen molar-refractivity contribution in [3.63, 3.8) is 0 Å². The predicted octanol–water partition coefficient (Wildman–Crippen LogP) is 3.00. The van der Waals surface area contributed by atoms with Crippen LogP contribution in [0.15, 0.2) is 59.1 Å². The zero-order valence-electron chi connectivity index (χ0n) is 14.4. The van der Waals surface area contributed by atoms with Crippen molar-refractivity contribution in [1.82, 2.24) is 9.80 Å². The second kappa shape index (κ2) is 7.83. The first-order valence-corrected chi connectivity index (χ1v) is 9.22. The Bertz CT molecular complexity index is 821. The molecule has 1 aliphatic rings. The van der Waals surface area contributed by atoms with E-state index in [9.17, 15) is 14.4 Å². The van der Waals surface area contributed by atoms with Crippen LogP contribution >= 0.6 is 15.9 Å². The van der Waals surface area contributed by atoms with E-state index in [-0.39, 0.29) is 11.9 Å². The molecular weight excluding hydrogens is 396 g/mol. The van der Waals surface area contributed by atoms with E-state index in [2.05, 4.69) is 15.9 Å². The van der Waals surface area contributed by atoms with Gasteiger partial charge in [-0.1, -0.05) is 34.1 Å². The highest BCUT2D eigenvalue weighted by molar-refractivity contribution is 9.10. The Hall–Kier alpha value is -2.47. The largest absolute Gasteiger partial charge is 0.335 e. The third-order valence-corrected chi connectivity index (χ3v) is 5.03. The molecule has 2 aromatic carbocycles. The second-order valence-electron chi connectivity index (χ2n) is 6.30. The van der Waals surface area contributed by atoms with Gasteiger partial charge in [-0.05, 0) is 43.3 Å². The van der Waals surface area contributed by atoms with E-state index in [1.165, 1.54) is 0 Å². The molecule has 1 saturated heterocycles. The van der Waals surface area contributed by atoms with Crippen LogP contribution in [0.1, 0.15) is 27.6 Å². The van der Waals surface area contributed by atoms with Crippen LogP contribution in [0.3, 0.4) is 0 Å². The van der Waals surface area contributed by atoms with E-state index in [1.807, 2.05) is 25.1 Å². The molecule has 0 aromatic heterocycles. The number of benzene rings is 2. The van der Waals surface area contributed by atoms with Crippen LogP contribution in [-0.4, -0.2) is 53.1 Å². The van der Waals surface area contributed by atoms with Crippen molar-refractivity contribution in [1.29, 1.82) is 0 Å². The van der Waals surface area contributed by atoms with Gasteiger partial charge >= 0.3 is 0 Å². The maximum atomic E-state index is 12.6. The lowest BCUT2D eigenvalue weighted by molar-refractivity contribution is -0.130. The van der Waals surface area contributed by atoms with Crippen molar-refractivity contribution < 1.29 is 14.4 Å². The molecule has 0 spiro atoms. The van der Waals surface area contributed by atoms with Gasteiger partial charge in [0.1, 0.15) is 0 Å². The van der Waals surface area contributed by atoms with Gasteiger partial charge in [0.05, 0.1) is 0 Å². The van der Waals surface area contributed by atoms with Gasteiger partial charge in [0.2, 0.25) is 5.78 Å². The van der Waals surface area contributed by atoms with Crippen LogP contribution in [0.5, 0.6) is 0 Å². The summed E-state index contributed by atoms with van der Waals surface area (Å²) in [5.74, 6) is -1.09. The number of Topliss-reactive ketones (excluding diaryl/α,β-unsaturated/α-hetero) is 1. The summed E-state index contributed by atoms with van der Waals surface area (Å²) in [5.41, 5.74) is 0.999. The van der Waals surface area contributed by atoms with Gasteiger partial charge in [-0.2, -0.15) is 0 Å². The minimum absolute atomic E-state index is 0.0521. The van der Waals surface area contributed by atoms with Gasteiger partial charge in [0.25, 0.3) is 11.8 Å². The quantitative estimate of drug-likeness (QED) is 0.572. The fourth-order valence-electron chi connectivity index (χ4n) is 3.06. The zero-order chi connectivity index (χ0) is 18.7. The molecule has 1 aliphatic heterocycles. The van der Waals surface area contributed by atoms with Gasteiger partial charge in [-0.25, -0.2) is 0 Å². The first-order chi connectivity index (χ1) is 12.5. The molecule has 1 atom stereocenters. The number of carbonyl (C=O) groups excluding carboxylic acids is 3. The van der Waals surface area contributed by atoms with Crippen molar-refractivity contribution >= 4 is 33.5 Å². The van der Waals surface area contributed by atoms with Crippen LogP contribution in [0.4, 0.5) is 0 Å². The van der Waals surface area contributed by atoms with Crippen LogP contribution in [0, 0.1) is 0 Å². The number of hydrogen-bond acceptors (Lipinski definition) is 3. The van der Waals surface area contributed by atoms with Crippen molar-refractivity contribution in [3.8, 4) is 0 Å². The molecule has 134 valence electrons. The normalized spacial score (nSPS) is 17.1. The minimum Gasteiger partial charge on any atom is -0.335 e. The van der Waals surface area contributed by atoms with Crippen molar-refractivity contribution in [2.75, 3.05) is 19.6 Å². The maximum absolute atomic E-state index is 12.6. The summed E-state index contributed by atoms with van der Waals surface area (Å²) in [5, 5.41) is 0. The third-order valence-electron chi connectivity index (χ3n) is 4.50. The monoisotopic (exact) mass is 414 g/mol. The van der Waals surface area contributed by atoms with Crippen LogP contribution in [0.2, 0.25) is 0 Å². The highest BCUT2D eigenvalue weighted by atomic mass is 79.9. The minimum atomic E-state index is -0.522. The molecular formula is C20H19BrN2O3. The lowest BCUT2D eigenvalue weighted by Gasteiger charge is -2.39. The van der Waals surface area contributed by atoms with Crippen molar-refractivity contribution in [2.45, 2.75) is 13.0 Å². The number of halogens is 1. The van der Waals surface area contributed by atoms with Gasteiger partial charge in [0.15, 0.2) is 0 Å². The molecule has 6 heteroatoms. The first kappa shape index (κ1) is 18.3. The van der Waals surface area contributed by atoms with E-state index in [0.29, 0.717) is 30.8 Å². The van der Waals surface area contributed by atoms with E-state index >= 15 is 0 Å². The van der Waals surface area contributed by atoms with Crippen LogP contribution in [0.25, 0.3) is 0 Å². The molecule has 2 amide bonds. The number of rotatable bonds is 3. The highest BCUT2D eigenvalue weighted by Crippen LogP contribution is 2.16. The maximum Gasteiger partial charge on any atom is 0.295 e. The van der Waals surface area contributed by atoms with E-state index in [4.69, 9.17) is 0 Å². The zero-order valence-corrected chi connectivity index (χ0v) is 16.0. The predicted molar refractivity (Wildman–Crippen MR) is 102 cm³/mol. The average Bonchev–Trinajstić information content (AvgIpc) is 2.67. The Kier molecular flexibility index (Phi) is 5.52. The molecule has 1 unspecified atom stereocenters. The number of carbonyl (C=O) groups is 3. The molecule has 0 saturated carbocycles. The number of amides is 2. The molecule has 26 heavy (non-hydrogen) atoms. The van der Waals surface area contributed by atoms with Crippen molar-refractivity contribution in [2.24, 2.45) is 0 Å². The number of ketones is 1. The molecule has 2 aromatic rings. The molecule has 3 rings (SSSR count). The third kappa shape index (κ3) is 3.85. The summed E-state index contributed by atoms with van der Waals surface area (Å²) in [6.45, 7) is 3.03. The molecule has 1 fully saturated rings. The number of hydrogen-bond donors (Lipinski definition) is 0. The highest BCUT2D eigenvalue weighted by Gasteiger charge is 2.33. The number of nitrogens with zero attached hydrogens (tertiary/aromatic N) is 2. The number of piperazine rings is 1. The first-order valence-electron chi connectivity index (χ1n) is 8.42.